The van der Waals surface area contributed by atoms with Crippen molar-refractivity contribution in [3.8, 4) is 0 Å². The molecule has 4 fully saturated rings. The third-order valence-corrected chi connectivity index (χ3v) is 7.24. The van der Waals surface area contributed by atoms with E-state index in [4.69, 9.17) is 4.74 Å². The first-order valence-corrected chi connectivity index (χ1v) is 10.2. The predicted molar refractivity (Wildman–Crippen MR) is 96.4 cm³/mol. The van der Waals surface area contributed by atoms with Gasteiger partial charge in [-0.3, -0.25) is 4.79 Å². The molecule has 1 aromatic rings. The fourth-order valence-electron chi connectivity index (χ4n) is 6.61. The van der Waals surface area contributed by atoms with Gasteiger partial charge in [0.15, 0.2) is 0 Å². The molecule has 140 valence electrons. The summed E-state index contributed by atoms with van der Waals surface area (Å²) in [6.07, 6.45) is 9.30. The van der Waals surface area contributed by atoms with E-state index in [9.17, 15) is 9.59 Å². The van der Waals surface area contributed by atoms with Crippen molar-refractivity contribution < 1.29 is 14.3 Å². The standard InChI is InChI=1S/C21H28N2O3/c1-2-26-19(24)17-8-18-13-23(4-3-22(18)12-17)20(25)21-9-14-5-15(10-21)7-16(6-14)11-21/h8,12,14-16H,2-7,9-11,13H2,1H3. The first-order valence-electron chi connectivity index (χ1n) is 10.2. The van der Waals surface area contributed by atoms with Crippen LogP contribution in [-0.2, 0) is 22.6 Å². The number of nitrogens with zero attached hydrogens (tertiary/aromatic N) is 2. The lowest BCUT2D eigenvalue weighted by Gasteiger charge is -2.56. The molecule has 4 saturated carbocycles. The van der Waals surface area contributed by atoms with Gasteiger partial charge in [0.2, 0.25) is 5.91 Å². The van der Waals surface area contributed by atoms with Gasteiger partial charge in [0.05, 0.1) is 24.1 Å². The van der Waals surface area contributed by atoms with Crippen LogP contribution in [0.5, 0.6) is 0 Å². The van der Waals surface area contributed by atoms with Crippen molar-refractivity contribution in [3.63, 3.8) is 0 Å². The second kappa shape index (κ2) is 5.86. The van der Waals surface area contributed by atoms with E-state index in [1.54, 1.807) is 0 Å². The first kappa shape index (κ1) is 16.4. The number of hydrogen-bond donors (Lipinski definition) is 0. The molecule has 6 rings (SSSR count). The van der Waals surface area contributed by atoms with Crippen molar-refractivity contribution in [1.29, 1.82) is 0 Å². The molecule has 0 N–H and O–H groups in total. The van der Waals surface area contributed by atoms with Crippen molar-refractivity contribution in [3.05, 3.63) is 23.5 Å². The second-order valence-electron chi connectivity index (χ2n) is 9.06. The molecule has 0 aromatic carbocycles. The monoisotopic (exact) mass is 356 g/mol. The Hall–Kier alpha value is -1.78. The molecule has 1 aromatic heterocycles. The largest absolute Gasteiger partial charge is 0.462 e. The van der Waals surface area contributed by atoms with Crippen LogP contribution in [0.2, 0.25) is 0 Å². The third-order valence-electron chi connectivity index (χ3n) is 7.24. The molecule has 5 aliphatic rings. The number of amides is 1. The minimum Gasteiger partial charge on any atom is -0.462 e. The number of fused-ring (bicyclic) bond motifs is 1. The average Bonchev–Trinajstić information content (AvgIpc) is 3.03. The van der Waals surface area contributed by atoms with Crippen molar-refractivity contribution in [2.24, 2.45) is 23.2 Å². The zero-order valence-corrected chi connectivity index (χ0v) is 15.6. The normalized spacial score (nSPS) is 34.7. The maximum atomic E-state index is 13.5. The van der Waals surface area contributed by atoms with Gasteiger partial charge in [-0.25, -0.2) is 4.79 Å². The molecule has 0 saturated heterocycles. The van der Waals surface area contributed by atoms with Crippen LogP contribution in [0.25, 0.3) is 0 Å². The highest BCUT2D eigenvalue weighted by Crippen LogP contribution is 2.60. The molecular formula is C21H28N2O3. The van der Waals surface area contributed by atoms with E-state index in [0.717, 1.165) is 55.8 Å². The van der Waals surface area contributed by atoms with Crippen LogP contribution in [0.1, 0.15) is 61.5 Å². The molecule has 5 heteroatoms. The number of carbonyl (C=O) groups excluding carboxylic acids is 2. The molecule has 4 bridgehead atoms. The van der Waals surface area contributed by atoms with E-state index in [-0.39, 0.29) is 11.4 Å². The molecule has 1 aliphatic heterocycles. The minimum absolute atomic E-state index is 0.0759. The van der Waals surface area contributed by atoms with E-state index < -0.39 is 0 Å². The van der Waals surface area contributed by atoms with Gasteiger partial charge in [0.25, 0.3) is 0 Å². The van der Waals surface area contributed by atoms with Gasteiger partial charge >= 0.3 is 5.97 Å². The van der Waals surface area contributed by atoms with Crippen LogP contribution in [0, 0.1) is 23.2 Å². The lowest BCUT2D eigenvalue weighted by atomic mass is 9.49. The van der Waals surface area contributed by atoms with Crippen molar-refractivity contribution in [2.45, 2.75) is 58.5 Å². The zero-order chi connectivity index (χ0) is 17.9. The predicted octanol–water partition coefficient (Wildman–Crippen LogP) is 3.22. The molecular weight excluding hydrogens is 328 g/mol. The summed E-state index contributed by atoms with van der Waals surface area (Å²) in [5.74, 6) is 2.48. The lowest BCUT2D eigenvalue weighted by Crippen LogP contribution is -2.55. The summed E-state index contributed by atoms with van der Waals surface area (Å²) in [5.41, 5.74) is 1.58. The number of rotatable bonds is 3. The molecule has 1 amide bonds. The summed E-state index contributed by atoms with van der Waals surface area (Å²) in [7, 11) is 0. The number of esters is 1. The Morgan fingerprint density at radius 3 is 2.38 bits per heavy atom. The van der Waals surface area contributed by atoms with Crippen LogP contribution in [-0.4, -0.2) is 34.5 Å². The Balaban J connectivity index is 1.34. The average molecular weight is 356 g/mol. The zero-order valence-electron chi connectivity index (χ0n) is 15.6. The maximum absolute atomic E-state index is 13.5. The van der Waals surface area contributed by atoms with Crippen molar-refractivity contribution >= 4 is 11.9 Å². The second-order valence-corrected chi connectivity index (χ2v) is 9.06. The van der Waals surface area contributed by atoms with Crippen LogP contribution in [0.3, 0.4) is 0 Å². The van der Waals surface area contributed by atoms with Crippen LogP contribution >= 0.6 is 0 Å². The molecule has 0 radical (unpaired) electrons. The number of carbonyl (C=O) groups is 2. The fourth-order valence-corrected chi connectivity index (χ4v) is 6.61. The van der Waals surface area contributed by atoms with Crippen molar-refractivity contribution in [1.82, 2.24) is 9.47 Å². The Bertz CT molecular complexity index is 715. The lowest BCUT2D eigenvalue weighted by molar-refractivity contribution is -0.159. The smallest absolute Gasteiger partial charge is 0.339 e. The third kappa shape index (κ3) is 2.50. The van der Waals surface area contributed by atoms with Gasteiger partial charge in [-0.05, 0) is 69.3 Å². The summed E-state index contributed by atoms with van der Waals surface area (Å²) in [5, 5.41) is 0. The van der Waals surface area contributed by atoms with Gasteiger partial charge in [-0.1, -0.05) is 0 Å². The topological polar surface area (TPSA) is 51.5 Å². The molecule has 0 atom stereocenters. The Morgan fingerprint density at radius 1 is 1.12 bits per heavy atom. The van der Waals surface area contributed by atoms with Crippen LogP contribution in [0.4, 0.5) is 0 Å². The SMILES string of the molecule is CCOC(=O)c1cc2n(c1)CCN(C(=O)C13CC4CC(CC(C4)C1)C3)C2. The Kier molecular flexibility index (Phi) is 3.70. The fraction of sp³-hybridized carbons (Fsp3) is 0.714. The summed E-state index contributed by atoms with van der Waals surface area (Å²) in [4.78, 5) is 27.6. The number of ether oxygens (including phenoxy) is 1. The Morgan fingerprint density at radius 2 is 1.77 bits per heavy atom. The van der Waals surface area contributed by atoms with Gasteiger partial charge < -0.3 is 14.2 Å². The first-order chi connectivity index (χ1) is 12.6. The summed E-state index contributed by atoms with van der Waals surface area (Å²) in [6, 6.07) is 1.90. The number of aromatic nitrogens is 1. The van der Waals surface area contributed by atoms with Crippen LogP contribution in [0.15, 0.2) is 12.3 Å². The van der Waals surface area contributed by atoms with Gasteiger partial charge in [0.1, 0.15) is 0 Å². The summed E-state index contributed by atoms with van der Waals surface area (Å²) in [6.45, 7) is 4.35. The van der Waals surface area contributed by atoms with E-state index in [1.165, 1.54) is 19.3 Å². The highest BCUT2D eigenvalue weighted by atomic mass is 16.5. The molecule has 5 nitrogen and oxygen atoms in total. The quantitative estimate of drug-likeness (QED) is 0.782. The van der Waals surface area contributed by atoms with E-state index in [2.05, 4.69) is 9.47 Å². The van der Waals surface area contributed by atoms with E-state index in [0.29, 0.717) is 24.6 Å². The Labute approximate surface area is 154 Å². The highest BCUT2D eigenvalue weighted by Gasteiger charge is 2.55. The van der Waals surface area contributed by atoms with Crippen LogP contribution < -0.4 is 0 Å². The van der Waals surface area contributed by atoms with E-state index >= 15 is 0 Å². The molecule has 4 aliphatic carbocycles. The summed E-state index contributed by atoms with van der Waals surface area (Å²) >= 11 is 0. The van der Waals surface area contributed by atoms with Gasteiger partial charge in [0, 0.05) is 25.0 Å². The highest BCUT2D eigenvalue weighted by molar-refractivity contribution is 5.89. The molecule has 0 spiro atoms. The van der Waals surface area contributed by atoms with Gasteiger partial charge in [-0.15, -0.1) is 0 Å². The minimum atomic E-state index is -0.270. The van der Waals surface area contributed by atoms with E-state index in [1.807, 2.05) is 19.2 Å². The molecule has 2 heterocycles. The summed E-state index contributed by atoms with van der Waals surface area (Å²) < 4.78 is 7.22. The molecule has 26 heavy (non-hydrogen) atoms. The molecule has 0 unspecified atom stereocenters. The number of hydrogen-bond acceptors (Lipinski definition) is 3. The van der Waals surface area contributed by atoms with Gasteiger partial charge in [-0.2, -0.15) is 0 Å². The maximum Gasteiger partial charge on any atom is 0.339 e. The van der Waals surface area contributed by atoms with Crippen molar-refractivity contribution in [2.75, 3.05) is 13.2 Å².